The number of halogens is 3. The van der Waals surface area contributed by atoms with Crippen LogP contribution >= 0.6 is 15.9 Å². The molecule has 1 aromatic carbocycles. The van der Waals surface area contributed by atoms with E-state index in [1.165, 1.54) is 24.5 Å². The second-order valence-corrected chi connectivity index (χ2v) is 5.10. The summed E-state index contributed by atoms with van der Waals surface area (Å²) in [5, 5.41) is 0. The number of nitrogens with zero attached hydrogens (tertiary/aromatic N) is 1. The lowest BCUT2D eigenvalue weighted by molar-refractivity contribution is 0.103. The highest BCUT2D eigenvalue weighted by Gasteiger charge is 2.18. The van der Waals surface area contributed by atoms with Gasteiger partial charge >= 0.3 is 0 Å². The molecule has 0 fully saturated rings. The molecule has 1 aromatic heterocycles. The van der Waals surface area contributed by atoms with Crippen LogP contribution in [0.3, 0.4) is 0 Å². The minimum absolute atomic E-state index is 0.0309. The van der Waals surface area contributed by atoms with Crippen molar-refractivity contribution in [3.63, 3.8) is 0 Å². The van der Waals surface area contributed by atoms with E-state index in [1.54, 1.807) is 0 Å². The van der Waals surface area contributed by atoms with Gasteiger partial charge in [0.15, 0.2) is 17.4 Å². The van der Waals surface area contributed by atoms with Gasteiger partial charge in [-0.3, -0.25) is 9.78 Å². The molecule has 21 heavy (non-hydrogen) atoms. The molecule has 6 heteroatoms. The van der Waals surface area contributed by atoms with Crippen LogP contribution < -0.4 is 4.74 Å². The third-order valence-corrected chi connectivity index (χ3v) is 3.50. The Hall–Kier alpha value is -1.82. The fraction of sp³-hybridized carbons (Fsp3) is 0.200. The highest BCUT2D eigenvalue weighted by molar-refractivity contribution is 9.10. The summed E-state index contributed by atoms with van der Waals surface area (Å²) in [5.74, 6) is -2.11. The smallest absolute Gasteiger partial charge is 0.195 e. The van der Waals surface area contributed by atoms with Crippen LogP contribution in [-0.2, 0) is 0 Å². The van der Waals surface area contributed by atoms with Crippen LogP contribution in [0.4, 0.5) is 8.78 Å². The molecule has 0 aliphatic carbocycles. The normalized spacial score (nSPS) is 10.5. The van der Waals surface area contributed by atoms with Crippen molar-refractivity contribution < 1.29 is 18.3 Å². The van der Waals surface area contributed by atoms with Crippen molar-refractivity contribution in [1.29, 1.82) is 0 Å². The van der Waals surface area contributed by atoms with E-state index >= 15 is 0 Å². The number of rotatable bonds is 5. The molecular weight excluding hydrogens is 344 g/mol. The summed E-state index contributed by atoms with van der Waals surface area (Å²) in [4.78, 5) is 16.3. The lowest BCUT2D eigenvalue weighted by atomic mass is 10.0. The molecule has 0 aliphatic heterocycles. The zero-order chi connectivity index (χ0) is 15.4. The average molecular weight is 356 g/mol. The molecule has 0 aliphatic rings. The summed E-state index contributed by atoms with van der Waals surface area (Å²) in [6.45, 7) is 2.47. The summed E-state index contributed by atoms with van der Waals surface area (Å²) < 4.78 is 31.8. The predicted octanol–water partition coefficient (Wildman–Crippen LogP) is 4.14. The van der Waals surface area contributed by atoms with Crippen LogP contribution in [0.1, 0.15) is 29.3 Å². The number of aromatic nitrogens is 1. The van der Waals surface area contributed by atoms with E-state index in [0.29, 0.717) is 12.4 Å². The van der Waals surface area contributed by atoms with Crippen LogP contribution in [0.5, 0.6) is 5.75 Å². The fourth-order valence-corrected chi connectivity index (χ4v) is 2.20. The Morgan fingerprint density at radius 2 is 2.10 bits per heavy atom. The van der Waals surface area contributed by atoms with Gasteiger partial charge in [0.05, 0.1) is 17.3 Å². The third-order valence-electron chi connectivity index (χ3n) is 2.73. The topological polar surface area (TPSA) is 39.2 Å². The molecule has 0 unspecified atom stereocenters. The Balaban J connectivity index is 2.34. The lowest BCUT2D eigenvalue weighted by Gasteiger charge is -2.08. The van der Waals surface area contributed by atoms with Gasteiger partial charge in [-0.15, -0.1) is 0 Å². The first-order valence-corrected chi connectivity index (χ1v) is 7.10. The van der Waals surface area contributed by atoms with Crippen molar-refractivity contribution in [1.82, 2.24) is 4.98 Å². The van der Waals surface area contributed by atoms with Crippen molar-refractivity contribution in [2.45, 2.75) is 13.3 Å². The predicted molar refractivity (Wildman–Crippen MR) is 77.5 cm³/mol. The van der Waals surface area contributed by atoms with Crippen LogP contribution in [-0.4, -0.2) is 17.4 Å². The number of hydrogen-bond donors (Lipinski definition) is 0. The molecule has 1 heterocycles. The number of benzene rings is 1. The molecule has 3 nitrogen and oxygen atoms in total. The molecule has 2 rings (SSSR count). The van der Waals surface area contributed by atoms with Gasteiger partial charge in [-0.25, -0.2) is 8.78 Å². The van der Waals surface area contributed by atoms with Gasteiger partial charge in [-0.2, -0.15) is 0 Å². The quantitative estimate of drug-likeness (QED) is 0.597. The molecule has 0 radical (unpaired) electrons. The van der Waals surface area contributed by atoms with Crippen LogP contribution in [0, 0.1) is 11.6 Å². The number of ether oxygens (including phenoxy) is 1. The molecular formula is C15H12BrF2NO2. The average Bonchev–Trinajstić information content (AvgIpc) is 2.50. The van der Waals surface area contributed by atoms with E-state index in [-0.39, 0.29) is 15.6 Å². The van der Waals surface area contributed by atoms with Gasteiger partial charge in [0.1, 0.15) is 5.75 Å². The summed E-state index contributed by atoms with van der Waals surface area (Å²) in [5.41, 5.74) is 0.277. The second-order valence-electron chi connectivity index (χ2n) is 4.31. The molecule has 0 spiro atoms. The van der Waals surface area contributed by atoms with Crippen LogP contribution in [0.25, 0.3) is 0 Å². The Morgan fingerprint density at radius 3 is 2.81 bits per heavy atom. The number of pyridine rings is 1. The van der Waals surface area contributed by atoms with E-state index in [9.17, 15) is 13.6 Å². The maximum Gasteiger partial charge on any atom is 0.195 e. The maximum atomic E-state index is 13.5. The van der Waals surface area contributed by atoms with E-state index in [1.807, 2.05) is 6.92 Å². The first kappa shape index (κ1) is 15.6. The summed E-state index contributed by atoms with van der Waals surface area (Å²) in [6.07, 6.45) is 3.68. The highest BCUT2D eigenvalue weighted by Crippen LogP contribution is 2.26. The fourth-order valence-electron chi connectivity index (χ4n) is 1.70. The second kappa shape index (κ2) is 6.76. The number of carbonyl (C=O) groups excluding carboxylic acids is 1. The summed E-state index contributed by atoms with van der Waals surface area (Å²) in [6, 6.07) is 3.67. The zero-order valence-corrected chi connectivity index (χ0v) is 12.8. The molecule has 0 N–H and O–H groups in total. The molecule has 0 saturated heterocycles. The van der Waals surface area contributed by atoms with Crippen molar-refractivity contribution in [3.05, 3.63) is 57.8 Å². The number of carbonyl (C=O) groups is 1. The summed E-state index contributed by atoms with van der Waals surface area (Å²) >= 11 is 2.90. The third kappa shape index (κ3) is 3.44. The number of hydrogen-bond acceptors (Lipinski definition) is 3. The van der Waals surface area contributed by atoms with E-state index in [4.69, 9.17) is 4.74 Å². The van der Waals surface area contributed by atoms with Crippen LogP contribution in [0.2, 0.25) is 0 Å². The highest BCUT2D eigenvalue weighted by atomic mass is 79.9. The Kier molecular flexibility index (Phi) is 5.01. The molecule has 0 saturated carbocycles. The van der Waals surface area contributed by atoms with Gasteiger partial charge in [0.25, 0.3) is 0 Å². The minimum atomic E-state index is -1.09. The molecule has 0 amide bonds. The molecule has 110 valence electrons. The summed E-state index contributed by atoms with van der Waals surface area (Å²) in [7, 11) is 0. The number of ketones is 1. The van der Waals surface area contributed by atoms with E-state index in [2.05, 4.69) is 20.9 Å². The van der Waals surface area contributed by atoms with Crippen molar-refractivity contribution >= 4 is 21.7 Å². The first-order valence-electron chi connectivity index (χ1n) is 6.30. The van der Waals surface area contributed by atoms with Crippen molar-refractivity contribution in [2.75, 3.05) is 6.61 Å². The van der Waals surface area contributed by atoms with Crippen LogP contribution in [0.15, 0.2) is 35.1 Å². The Labute approximate surface area is 129 Å². The molecule has 2 aromatic rings. The van der Waals surface area contributed by atoms with Crippen molar-refractivity contribution in [2.24, 2.45) is 0 Å². The molecule has 0 bridgehead atoms. The standard InChI is InChI=1S/C15H12BrF2NO2/c1-2-5-21-10-6-9(7-19-8-10)15(20)11-3-4-12(17)14(18)13(11)16/h3-4,6-8H,2,5H2,1H3. The first-order chi connectivity index (χ1) is 10.0. The van der Waals surface area contributed by atoms with Crippen molar-refractivity contribution in [3.8, 4) is 5.75 Å². The Bertz CT molecular complexity index is 677. The molecule has 0 atom stereocenters. The Morgan fingerprint density at radius 1 is 1.33 bits per heavy atom. The van der Waals surface area contributed by atoms with E-state index < -0.39 is 17.4 Å². The van der Waals surface area contributed by atoms with Gasteiger partial charge in [0.2, 0.25) is 0 Å². The van der Waals surface area contributed by atoms with E-state index in [0.717, 1.165) is 12.5 Å². The monoisotopic (exact) mass is 355 g/mol. The maximum absolute atomic E-state index is 13.5. The SMILES string of the molecule is CCCOc1cncc(C(=O)c2ccc(F)c(F)c2Br)c1. The largest absolute Gasteiger partial charge is 0.492 e. The zero-order valence-electron chi connectivity index (χ0n) is 11.2. The minimum Gasteiger partial charge on any atom is -0.492 e. The van der Waals surface area contributed by atoms with Gasteiger partial charge in [0, 0.05) is 17.3 Å². The lowest BCUT2D eigenvalue weighted by Crippen LogP contribution is -2.06. The van der Waals surface area contributed by atoms with Gasteiger partial charge in [-0.1, -0.05) is 6.92 Å². The van der Waals surface area contributed by atoms with Gasteiger partial charge in [-0.05, 0) is 40.5 Å². The van der Waals surface area contributed by atoms with Gasteiger partial charge < -0.3 is 4.74 Å².